The molecule has 1 aliphatic heterocycles. The zero-order valence-electron chi connectivity index (χ0n) is 11.9. The standard InChI is InChI=1S/C15H22N4O/c1-12-6-5-9-19(11-12)15(16)17-10-14(20)18-13-7-3-2-4-8-13/h2-4,7-8,12H,5-6,9-11H2,1H3,(H2,16,17)(H,18,20). The number of hydrogen-bond acceptors (Lipinski definition) is 2. The van der Waals surface area contributed by atoms with E-state index in [0.29, 0.717) is 11.9 Å². The van der Waals surface area contributed by atoms with Crippen molar-refractivity contribution in [3.05, 3.63) is 30.3 Å². The molecule has 1 amide bonds. The number of carbonyl (C=O) groups excluding carboxylic acids is 1. The molecule has 108 valence electrons. The summed E-state index contributed by atoms with van der Waals surface area (Å²) in [7, 11) is 0. The van der Waals surface area contributed by atoms with Gasteiger partial charge in [0.25, 0.3) is 0 Å². The molecule has 0 radical (unpaired) electrons. The van der Waals surface area contributed by atoms with E-state index >= 15 is 0 Å². The molecule has 3 N–H and O–H groups in total. The summed E-state index contributed by atoms with van der Waals surface area (Å²) in [6.45, 7) is 4.13. The van der Waals surface area contributed by atoms with Gasteiger partial charge in [-0.15, -0.1) is 0 Å². The average molecular weight is 274 g/mol. The van der Waals surface area contributed by atoms with Crippen molar-refractivity contribution in [2.45, 2.75) is 19.8 Å². The number of piperidine rings is 1. The number of nitrogens with one attached hydrogen (secondary N) is 1. The van der Waals surface area contributed by atoms with Gasteiger partial charge in [0, 0.05) is 18.8 Å². The van der Waals surface area contributed by atoms with Crippen LogP contribution in [0.2, 0.25) is 0 Å². The predicted octanol–water partition coefficient (Wildman–Crippen LogP) is 1.67. The quantitative estimate of drug-likeness (QED) is 0.650. The molecule has 1 unspecified atom stereocenters. The predicted molar refractivity (Wildman–Crippen MR) is 81.5 cm³/mol. The van der Waals surface area contributed by atoms with E-state index in [1.165, 1.54) is 6.42 Å². The van der Waals surface area contributed by atoms with Gasteiger partial charge in [-0.2, -0.15) is 0 Å². The molecular weight excluding hydrogens is 252 g/mol. The van der Waals surface area contributed by atoms with E-state index in [-0.39, 0.29) is 12.5 Å². The van der Waals surface area contributed by atoms with Crippen LogP contribution in [0, 0.1) is 5.92 Å². The van der Waals surface area contributed by atoms with E-state index in [2.05, 4.69) is 22.1 Å². The van der Waals surface area contributed by atoms with Crippen LogP contribution in [0.3, 0.4) is 0 Å². The minimum atomic E-state index is -0.149. The third-order valence-electron chi connectivity index (χ3n) is 3.42. The Morgan fingerprint density at radius 1 is 1.45 bits per heavy atom. The Kier molecular flexibility index (Phi) is 4.98. The lowest BCUT2D eigenvalue weighted by Crippen LogP contribution is -2.43. The molecule has 1 heterocycles. The highest BCUT2D eigenvalue weighted by Crippen LogP contribution is 2.14. The summed E-state index contributed by atoms with van der Waals surface area (Å²) in [4.78, 5) is 18.0. The molecule has 1 aromatic carbocycles. The second-order valence-electron chi connectivity index (χ2n) is 5.28. The normalized spacial score (nSPS) is 19.8. The second-order valence-corrected chi connectivity index (χ2v) is 5.28. The van der Waals surface area contributed by atoms with Crippen LogP contribution in [0.1, 0.15) is 19.8 Å². The van der Waals surface area contributed by atoms with Crippen LogP contribution in [0.25, 0.3) is 0 Å². The lowest BCUT2D eigenvalue weighted by molar-refractivity contribution is -0.114. The number of carbonyl (C=O) groups is 1. The van der Waals surface area contributed by atoms with Crippen molar-refractivity contribution in [2.24, 2.45) is 16.6 Å². The number of hydrogen-bond donors (Lipinski definition) is 2. The van der Waals surface area contributed by atoms with E-state index in [1.54, 1.807) is 0 Å². The summed E-state index contributed by atoms with van der Waals surface area (Å²) in [6.07, 6.45) is 2.37. The maximum absolute atomic E-state index is 11.8. The minimum Gasteiger partial charge on any atom is -0.370 e. The van der Waals surface area contributed by atoms with Gasteiger partial charge in [-0.25, -0.2) is 4.99 Å². The van der Waals surface area contributed by atoms with Crippen molar-refractivity contribution in [3.8, 4) is 0 Å². The van der Waals surface area contributed by atoms with E-state index in [0.717, 1.165) is 25.2 Å². The van der Waals surface area contributed by atoms with Crippen LogP contribution in [0.15, 0.2) is 35.3 Å². The Balaban J connectivity index is 1.83. The molecule has 0 bridgehead atoms. The van der Waals surface area contributed by atoms with Crippen LogP contribution in [-0.2, 0) is 4.79 Å². The number of benzene rings is 1. The molecule has 1 saturated heterocycles. The maximum atomic E-state index is 11.8. The first kappa shape index (κ1) is 14.4. The van der Waals surface area contributed by atoms with Gasteiger partial charge in [-0.3, -0.25) is 4.79 Å². The molecule has 20 heavy (non-hydrogen) atoms. The van der Waals surface area contributed by atoms with Crippen LogP contribution in [-0.4, -0.2) is 36.4 Å². The van der Waals surface area contributed by atoms with Gasteiger partial charge < -0.3 is 16.0 Å². The summed E-state index contributed by atoms with van der Waals surface area (Å²) in [5.41, 5.74) is 6.72. The third-order valence-corrected chi connectivity index (χ3v) is 3.42. The Bertz CT molecular complexity index is 472. The molecule has 1 atom stereocenters. The number of guanidine groups is 1. The van der Waals surface area contributed by atoms with Gasteiger partial charge in [0.2, 0.25) is 5.91 Å². The largest absolute Gasteiger partial charge is 0.370 e. The molecule has 1 aromatic rings. The lowest BCUT2D eigenvalue weighted by Gasteiger charge is -2.31. The van der Waals surface area contributed by atoms with Crippen molar-refractivity contribution in [2.75, 3.05) is 25.0 Å². The highest BCUT2D eigenvalue weighted by atomic mass is 16.1. The molecule has 0 aromatic heterocycles. The monoisotopic (exact) mass is 274 g/mol. The molecule has 2 rings (SSSR count). The van der Waals surface area contributed by atoms with Gasteiger partial charge in [-0.1, -0.05) is 25.1 Å². The first-order valence-corrected chi connectivity index (χ1v) is 7.05. The minimum absolute atomic E-state index is 0.0611. The van der Waals surface area contributed by atoms with E-state index in [1.807, 2.05) is 30.3 Å². The van der Waals surface area contributed by atoms with E-state index in [9.17, 15) is 4.79 Å². The van der Waals surface area contributed by atoms with Crippen molar-refractivity contribution >= 4 is 17.6 Å². The Morgan fingerprint density at radius 3 is 2.90 bits per heavy atom. The SMILES string of the molecule is CC1CCCN(C(N)=NCC(=O)Nc2ccccc2)C1. The highest BCUT2D eigenvalue weighted by Gasteiger charge is 2.17. The smallest absolute Gasteiger partial charge is 0.246 e. The molecule has 0 spiro atoms. The number of nitrogens with two attached hydrogens (primary N) is 1. The number of nitrogens with zero attached hydrogens (tertiary/aromatic N) is 2. The van der Waals surface area contributed by atoms with Gasteiger partial charge in [0.1, 0.15) is 6.54 Å². The second kappa shape index (κ2) is 6.93. The molecule has 0 saturated carbocycles. The number of likely N-dealkylation sites (tertiary alicyclic amines) is 1. The third kappa shape index (κ3) is 4.26. The fourth-order valence-electron chi connectivity index (χ4n) is 2.37. The first-order chi connectivity index (χ1) is 9.65. The van der Waals surface area contributed by atoms with Crippen LogP contribution >= 0.6 is 0 Å². The van der Waals surface area contributed by atoms with Crippen LogP contribution in [0.4, 0.5) is 5.69 Å². The van der Waals surface area contributed by atoms with Gasteiger partial charge in [0.15, 0.2) is 5.96 Å². The zero-order valence-corrected chi connectivity index (χ0v) is 11.9. The number of rotatable bonds is 3. The molecule has 5 heteroatoms. The number of para-hydroxylation sites is 1. The lowest BCUT2D eigenvalue weighted by atomic mass is 10.0. The Hall–Kier alpha value is -2.04. The van der Waals surface area contributed by atoms with Crippen LogP contribution < -0.4 is 11.1 Å². The van der Waals surface area contributed by atoms with Gasteiger partial charge in [0.05, 0.1) is 0 Å². The van der Waals surface area contributed by atoms with Crippen LogP contribution in [0.5, 0.6) is 0 Å². The van der Waals surface area contributed by atoms with Crippen molar-refractivity contribution < 1.29 is 4.79 Å². The zero-order chi connectivity index (χ0) is 14.4. The summed E-state index contributed by atoms with van der Waals surface area (Å²) < 4.78 is 0. The topological polar surface area (TPSA) is 70.7 Å². The first-order valence-electron chi connectivity index (χ1n) is 7.05. The number of anilines is 1. The van der Waals surface area contributed by atoms with E-state index < -0.39 is 0 Å². The average Bonchev–Trinajstić information content (AvgIpc) is 2.46. The Labute approximate surface area is 119 Å². The fourth-order valence-corrected chi connectivity index (χ4v) is 2.37. The number of amides is 1. The summed E-state index contributed by atoms with van der Waals surface area (Å²) in [6, 6.07) is 9.35. The molecule has 1 aliphatic rings. The highest BCUT2D eigenvalue weighted by molar-refractivity contribution is 5.93. The van der Waals surface area contributed by atoms with Crippen molar-refractivity contribution in [1.82, 2.24) is 4.90 Å². The summed E-state index contributed by atoms with van der Waals surface area (Å²) in [5, 5.41) is 2.79. The van der Waals surface area contributed by atoms with Crippen molar-refractivity contribution in [1.29, 1.82) is 0 Å². The molecular formula is C15H22N4O. The van der Waals surface area contributed by atoms with Gasteiger partial charge >= 0.3 is 0 Å². The molecule has 5 nitrogen and oxygen atoms in total. The van der Waals surface area contributed by atoms with E-state index in [4.69, 9.17) is 5.73 Å². The number of aliphatic imine (C=N–C) groups is 1. The van der Waals surface area contributed by atoms with Crippen molar-refractivity contribution in [3.63, 3.8) is 0 Å². The summed E-state index contributed by atoms with van der Waals surface area (Å²) >= 11 is 0. The fraction of sp³-hybridized carbons (Fsp3) is 0.467. The molecule has 1 fully saturated rings. The Morgan fingerprint density at radius 2 is 2.20 bits per heavy atom. The maximum Gasteiger partial charge on any atom is 0.246 e. The molecule has 0 aliphatic carbocycles. The summed E-state index contributed by atoms with van der Waals surface area (Å²) in [5.74, 6) is 0.958. The van der Waals surface area contributed by atoms with Gasteiger partial charge in [-0.05, 0) is 30.9 Å².